The summed E-state index contributed by atoms with van der Waals surface area (Å²) in [6.07, 6.45) is -0.132. The minimum Gasteiger partial charge on any atom is -0.371 e. The smallest absolute Gasteiger partial charge is 0.271 e. The van der Waals surface area contributed by atoms with Crippen molar-refractivity contribution in [3.63, 3.8) is 0 Å². The van der Waals surface area contributed by atoms with Crippen molar-refractivity contribution >= 4 is 43.5 Å². The fraction of sp³-hybridized carbons (Fsp3) is 0.462. The number of benzene rings is 1. The van der Waals surface area contributed by atoms with Gasteiger partial charge in [-0.1, -0.05) is 31.9 Å². The lowest BCUT2D eigenvalue weighted by molar-refractivity contribution is -0.385. The Morgan fingerprint density at radius 3 is 2.81 bits per heavy atom. The molecular weight excluding hydrogens is 408 g/mol. The van der Waals surface area contributed by atoms with Crippen LogP contribution in [0, 0.1) is 10.1 Å². The molecule has 0 radical (unpaired) electrons. The van der Waals surface area contributed by atoms with E-state index in [-0.39, 0.29) is 23.8 Å². The van der Waals surface area contributed by atoms with E-state index >= 15 is 0 Å². The maximum absolute atomic E-state index is 12.5. The number of halogens is 2. The summed E-state index contributed by atoms with van der Waals surface area (Å²) in [5.41, 5.74) is 0.199. The van der Waals surface area contributed by atoms with Crippen molar-refractivity contribution in [2.24, 2.45) is 0 Å². The molecule has 8 heteroatoms. The van der Waals surface area contributed by atoms with E-state index in [1.54, 1.807) is 11.0 Å². The van der Waals surface area contributed by atoms with E-state index in [1.165, 1.54) is 12.1 Å². The van der Waals surface area contributed by atoms with E-state index in [2.05, 4.69) is 31.9 Å². The Kier molecular flexibility index (Phi) is 5.34. The van der Waals surface area contributed by atoms with Crippen LogP contribution < -0.4 is 0 Å². The van der Waals surface area contributed by atoms with Crippen molar-refractivity contribution < 1.29 is 14.5 Å². The van der Waals surface area contributed by atoms with E-state index in [1.807, 2.05) is 6.92 Å². The molecule has 2 atom stereocenters. The third kappa shape index (κ3) is 4.02. The Bertz CT molecular complexity index is 567. The molecule has 1 amide bonds. The Labute approximate surface area is 138 Å². The fourth-order valence-electron chi connectivity index (χ4n) is 2.28. The molecule has 0 spiro atoms. The number of alkyl halides is 1. The second kappa shape index (κ2) is 6.85. The quantitative estimate of drug-likeness (QED) is 0.427. The number of hydrogen-bond donors (Lipinski definition) is 0. The minimum absolute atomic E-state index is 0.0626. The molecule has 1 aliphatic heterocycles. The number of rotatable bonds is 3. The maximum Gasteiger partial charge on any atom is 0.271 e. The van der Waals surface area contributed by atoms with Gasteiger partial charge in [-0.2, -0.15) is 0 Å². The summed E-state index contributed by atoms with van der Waals surface area (Å²) in [4.78, 5) is 24.6. The van der Waals surface area contributed by atoms with E-state index in [4.69, 9.17) is 4.74 Å². The lowest BCUT2D eigenvalue weighted by atomic mass is 10.1. The number of morpholine rings is 1. The summed E-state index contributed by atoms with van der Waals surface area (Å²) >= 11 is 6.56. The van der Waals surface area contributed by atoms with Gasteiger partial charge in [0.05, 0.1) is 17.1 Å². The van der Waals surface area contributed by atoms with Crippen LogP contribution in [-0.4, -0.2) is 46.4 Å². The molecule has 0 aliphatic carbocycles. The highest BCUT2D eigenvalue weighted by atomic mass is 79.9. The van der Waals surface area contributed by atoms with E-state index in [0.717, 1.165) is 0 Å². The molecule has 2 unspecified atom stereocenters. The number of ether oxygens (including phenoxy) is 1. The third-order valence-electron chi connectivity index (χ3n) is 3.13. The first kappa shape index (κ1) is 16.4. The molecule has 21 heavy (non-hydrogen) atoms. The molecular formula is C13H14Br2N2O4. The third-order valence-corrected chi connectivity index (χ3v) is 4.31. The zero-order chi connectivity index (χ0) is 15.6. The van der Waals surface area contributed by atoms with Gasteiger partial charge >= 0.3 is 0 Å². The molecule has 1 heterocycles. The van der Waals surface area contributed by atoms with Crippen LogP contribution in [0.4, 0.5) is 5.69 Å². The molecule has 1 aliphatic rings. The molecule has 6 nitrogen and oxygen atoms in total. The zero-order valence-corrected chi connectivity index (χ0v) is 14.5. The van der Waals surface area contributed by atoms with Gasteiger partial charge < -0.3 is 9.64 Å². The van der Waals surface area contributed by atoms with E-state index < -0.39 is 4.92 Å². The molecule has 1 aromatic rings. The Morgan fingerprint density at radius 1 is 1.48 bits per heavy atom. The van der Waals surface area contributed by atoms with Crippen LogP contribution in [0.1, 0.15) is 17.3 Å². The number of nitro benzene ring substituents is 1. The molecule has 2 rings (SSSR count). The number of non-ortho nitro benzene ring substituents is 1. The first-order chi connectivity index (χ1) is 9.90. The Hall–Kier alpha value is -0.990. The highest BCUT2D eigenvalue weighted by molar-refractivity contribution is 9.10. The molecule has 0 N–H and O–H groups in total. The van der Waals surface area contributed by atoms with Gasteiger partial charge in [-0.3, -0.25) is 14.9 Å². The molecule has 1 aromatic carbocycles. The normalized spacial score (nSPS) is 22.1. The van der Waals surface area contributed by atoms with Crippen LogP contribution in [0.25, 0.3) is 0 Å². The summed E-state index contributed by atoms with van der Waals surface area (Å²) in [7, 11) is 0. The van der Waals surface area contributed by atoms with Gasteiger partial charge in [0, 0.05) is 40.6 Å². The monoisotopic (exact) mass is 420 g/mol. The van der Waals surface area contributed by atoms with Crippen LogP contribution in [0.15, 0.2) is 22.7 Å². The van der Waals surface area contributed by atoms with Crippen LogP contribution in [-0.2, 0) is 4.74 Å². The topological polar surface area (TPSA) is 72.7 Å². The van der Waals surface area contributed by atoms with Gasteiger partial charge in [-0.15, -0.1) is 0 Å². The number of carbonyl (C=O) groups is 1. The predicted molar refractivity (Wildman–Crippen MR) is 84.8 cm³/mol. The molecule has 0 bridgehead atoms. The van der Waals surface area contributed by atoms with Crippen LogP contribution >= 0.6 is 31.9 Å². The number of amides is 1. The lowest BCUT2D eigenvalue weighted by Crippen LogP contribution is -2.49. The fourth-order valence-corrected chi connectivity index (χ4v) is 3.12. The summed E-state index contributed by atoms with van der Waals surface area (Å²) in [6, 6.07) is 4.27. The second-order valence-electron chi connectivity index (χ2n) is 4.89. The van der Waals surface area contributed by atoms with E-state index in [9.17, 15) is 14.9 Å². The standard InChI is InChI=1S/C13H14Br2N2O4/c1-8-6-16(7-12(5-14)21-8)13(18)9-2-10(15)4-11(3-9)17(19)20/h2-4,8,12H,5-7H2,1H3. The van der Waals surface area contributed by atoms with Gasteiger partial charge in [-0.05, 0) is 13.0 Å². The number of carbonyl (C=O) groups excluding carboxylic acids is 1. The Morgan fingerprint density at radius 2 is 2.19 bits per heavy atom. The summed E-state index contributed by atoms with van der Waals surface area (Å²) in [5, 5.41) is 11.5. The SMILES string of the molecule is CC1CN(C(=O)c2cc(Br)cc([N+](=O)[O-])c2)CC(CBr)O1. The number of nitro groups is 1. The summed E-state index contributed by atoms with van der Waals surface area (Å²) < 4.78 is 6.19. The van der Waals surface area contributed by atoms with E-state index in [0.29, 0.717) is 28.5 Å². The van der Waals surface area contributed by atoms with Crippen LogP contribution in [0.3, 0.4) is 0 Å². The zero-order valence-electron chi connectivity index (χ0n) is 11.3. The second-order valence-corrected chi connectivity index (χ2v) is 6.45. The summed E-state index contributed by atoms with van der Waals surface area (Å²) in [6.45, 7) is 2.84. The first-order valence-electron chi connectivity index (χ1n) is 6.36. The molecule has 0 saturated carbocycles. The Balaban J connectivity index is 2.25. The van der Waals surface area contributed by atoms with Gasteiger partial charge in [0.2, 0.25) is 0 Å². The van der Waals surface area contributed by atoms with Crippen molar-refractivity contribution in [2.45, 2.75) is 19.1 Å². The van der Waals surface area contributed by atoms with Crippen molar-refractivity contribution in [3.8, 4) is 0 Å². The average molecular weight is 422 g/mol. The molecule has 114 valence electrons. The maximum atomic E-state index is 12.5. The van der Waals surface area contributed by atoms with Crippen LogP contribution in [0.2, 0.25) is 0 Å². The average Bonchev–Trinajstić information content (AvgIpc) is 2.45. The molecule has 0 aromatic heterocycles. The van der Waals surface area contributed by atoms with Crippen molar-refractivity contribution in [2.75, 3.05) is 18.4 Å². The molecule has 1 fully saturated rings. The van der Waals surface area contributed by atoms with Crippen molar-refractivity contribution in [3.05, 3.63) is 38.3 Å². The summed E-state index contributed by atoms with van der Waals surface area (Å²) in [5.74, 6) is -0.222. The highest BCUT2D eigenvalue weighted by Crippen LogP contribution is 2.23. The van der Waals surface area contributed by atoms with Crippen molar-refractivity contribution in [1.29, 1.82) is 0 Å². The number of hydrogen-bond acceptors (Lipinski definition) is 4. The first-order valence-corrected chi connectivity index (χ1v) is 8.28. The lowest BCUT2D eigenvalue weighted by Gasteiger charge is -2.36. The van der Waals surface area contributed by atoms with Gasteiger partial charge in [0.25, 0.3) is 11.6 Å². The predicted octanol–water partition coefficient (Wildman–Crippen LogP) is 2.98. The number of nitrogens with zero attached hydrogens (tertiary/aromatic N) is 2. The van der Waals surface area contributed by atoms with Crippen molar-refractivity contribution in [1.82, 2.24) is 4.90 Å². The van der Waals surface area contributed by atoms with Crippen LogP contribution in [0.5, 0.6) is 0 Å². The van der Waals surface area contributed by atoms with Gasteiger partial charge in [-0.25, -0.2) is 0 Å². The van der Waals surface area contributed by atoms with Gasteiger partial charge in [0.1, 0.15) is 0 Å². The highest BCUT2D eigenvalue weighted by Gasteiger charge is 2.29. The largest absolute Gasteiger partial charge is 0.371 e. The van der Waals surface area contributed by atoms with Gasteiger partial charge in [0.15, 0.2) is 0 Å². The molecule has 1 saturated heterocycles. The minimum atomic E-state index is -0.509.